The van der Waals surface area contributed by atoms with Crippen LogP contribution in [0.25, 0.3) is 11.5 Å². The van der Waals surface area contributed by atoms with Crippen molar-refractivity contribution in [3.8, 4) is 11.5 Å². The number of nitrogens with one attached hydrogen (secondary N) is 1. The van der Waals surface area contributed by atoms with Gasteiger partial charge < -0.3 is 4.98 Å². The van der Waals surface area contributed by atoms with Crippen molar-refractivity contribution >= 4 is 0 Å². The van der Waals surface area contributed by atoms with Crippen LogP contribution in [0.5, 0.6) is 0 Å². The molecule has 2 heterocycles. The molecule has 0 amide bonds. The second-order valence-corrected chi connectivity index (χ2v) is 5.05. The van der Waals surface area contributed by atoms with Crippen molar-refractivity contribution in [1.82, 2.24) is 15.0 Å². The summed E-state index contributed by atoms with van der Waals surface area (Å²) in [6.07, 6.45) is 3.39. The van der Waals surface area contributed by atoms with Gasteiger partial charge in [0.05, 0.1) is 0 Å². The Bertz CT molecular complexity index is 617. The molecule has 0 saturated carbocycles. The fourth-order valence-electron chi connectivity index (χ4n) is 2.08. The van der Waals surface area contributed by atoms with Crippen molar-refractivity contribution in [2.24, 2.45) is 5.92 Å². The van der Waals surface area contributed by atoms with Crippen LogP contribution in [0, 0.1) is 5.92 Å². The van der Waals surface area contributed by atoms with Crippen LogP contribution in [-0.4, -0.2) is 15.0 Å². The van der Waals surface area contributed by atoms with E-state index in [4.69, 9.17) is 0 Å². The highest BCUT2D eigenvalue weighted by Crippen LogP contribution is 2.17. The number of H-pyrrole nitrogens is 1. The van der Waals surface area contributed by atoms with Crippen molar-refractivity contribution in [3.05, 3.63) is 46.0 Å². The molecule has 0 spiro atoms. The van der Waals surface area contributed by atoms with Crippen molar-refractivity contribution in [2.75, 3.05) is 0 Å². The summed E-state index contributed by atoms with van der Waals surface area (Å²) in [7, 11) is 0. The summed E-state index contributed by atoms with van der Waals surface area (Å²) in [6.45, 7) is 6.29. The Kier molecular flexibility index (Phi) is 4.10. The number of hydrogen-bond acceptors (Lipinski definition) is 3. The molecule has 2 aromatic heterocycles. The van der Waals surface area contributed by atoms with Gasteiger partial charge in [-0.05, 0) is 30.4 Å². The third-order valence-corrected chi connectivity index (χ3v) is 2.91. The smallest absolute Gasteiger partial charge is 0.251 e. The molecule has 0 aromatic carbocycles. The lowest BCUT2D eigenvalue weighted by molar-refractivity contribution is 0.633. The quantitative estimate of drug-likeness (QED) is 0.915. The second kappa shape index (κ2) is 5.78. The zero-order valence-electron chi connectivity index (χ0n) is 11.6. The molecule has 19 heavy (non-hydrogen) atoms. The van der Waals surface area contributed by atoms with Gasteiger partial charge in [0.1, 0.15) is 5.69 Å². The predicted molar refractivity (Wildman–Crippen MR) is 76.0 cm³/mol. The molecule has 0 bridgehead atoms. The Hall–Kier alpha value is -1.97. The van der Waals surface area contributed by atoms with Gasteiger partial charge in [-0.2, -0.15) is 0 Å². The van der Waals surface area contributed by atoms with Crippen LogP contribution in [0.2, 0.25) is 0 Å². The number of aryl methyl sites for hydroxylation is 1. The van der Waals surface area contributed by atoms with Gasteiger partial charge in [-0.3, -0.25) is 9.78 Å². The van der Waals surface area contributed by atoms with E-state index in [0.717, 1.165) is 29.8 Å². The molecule has 0 aliphatic rings. The van der Waals surface area contributed by atoms with Gasteiger partial charge in [-0.1, -0.05) is 26.8 Å². The van der Waals surface area contributed by atoms with E-state index >= 15 is 0 Å². The van der Waals surface area contributed by atoms with E-state index in [-0.39, 0.29) is 5.56 Å². The van der Waals surface area contributed by atoms with Gasteiger partial charge in [-0.25, -0.2) is 4.98 Å². The SMILES string of the molecule is CCc1cccnc1-c1nc(CC(C)C)cc(=O)[nH]1. The Morgan fingerprint density at radius 3 is 2.84 bits per heavy atom. The minimum absolute atomic E-state index is 0.117. The zero-order valence-corrected chi connectivity index (χ0v) is 11.6. The van der Waals surface area contributed by atoms with Gasteiger partial charge in [0.25, 0.3) is 5.56 Å². The largest absolute Gasteiger partial charge is 0.305 e. The van der Waals surface area contributed by atoms with E-state index in [1.54, 1.807) is 12.3 Å². The molecular formula is C15H19N3O. The van der Waals surface area contributed by atoms with Crippen molar-refractivity contribution in [2.45, 2.75) is 33.6 Å². The Morgan fingerprint density at radius 1 is 1.37 bits per heavy atom. The minimum atomic E-state index is -0.117. The molecule has 0 unspecified atom stereocenters. The maximum absolute atomic E-state index is 11.7. The average molecular weight is 257 g/mol. The van der Waals surface area contributed by atoms with Crippen LogP contribution < -0.4 is 5.56 Å². The Morgan fingerprint density at radius 2 is 2.16 bits per heavy atom. The lowest BCUT2D eigenvalue weighted by Crippen LogP contribution is -2.13. The first-order chi connectivity index (χ1) is 9.10. The molecule has 1 N–H and O–H groups in total. The highest BCUT2D eigenvalue weighted by Gasteiger charge is 2.10. The molecule has 4 nitrogen and oxygen atoms in total. The third kappa shape index (κ3) is 3.28. The van der Waals surface area contributed by atoms with Crippen LogP contribution in [0.4, 0.5) is 0 Å². The summed E-state index contributed by atoms with van der Waals surface area (Å²) >= 11 is 0. The van der Waals surface area contributed by atoms with Crippen LogP contribution in [-0.2, 0) is 12.8 Å². The van der Waals surface area contributed by atoms with E-state index in [1.165, 1.54) is 0 Å². The molecule has 4 heteroatoms. The zero-order chi connectivity index (χ0) is 13.8. The van der Waals surface area contributed by atoms with E-state index in [1.807, 2.05) is 12.1 Å². The summed E-state index contributed by atoms with van der Waals surface area (Å²) in [5.74, 6) is 1.04. The van der Waals surface area contributed by atoms with Gasteiger partial charge in [0.2, 0.25) is 0 Å². The average Bonchev–Trinajstić information content (AvgIpc) is 2.37. The van der Waals surface area contributed by atoms with Gasteiger partial charge in [0.15, 0.2) is 5.82 Å². The maximum Gasteiger partial charge on any atom is 0.251 e. The first kappa shape index (κ1) is 13.5. The molecule has 2 aromatic rings. The second-order valence-electron chi connectivity index (χ2n) is 5.05. The number of aromatic amines is 1. The molecule has 0 fully saturated rings. The Labute approximate surface area is 112 Å². The Balaban J connectivity index is 2.50. The number of aromatic nitrogens is 3. The van der Waals surface area contributed by atoms with Crippen LogP contribution >= 0.6 is 0 Å². The van der Waals surface area contributed by atoms with E-state index < -0.39 is 0 Å². The molecular weight excluding hydrogens is 238 g/mol. The summed E-state index contributed by atoms with van der Waals surface area (Å²) < 4.78 is 0. The minimum Gasteiger partial charge on any atom is -0.305 e. The summed E-state index contributed by atoms with van der Waals surface area (Å²) in [5.41, 5.74) is 2.56. The molecule has 0 aliphatic carbocycles. The van der Waals surface area contributed by atoms with Crippen LogP contribution in [0.1, 0.15) is 32.0 Å². The lowest BCUT2D eigenvalue weighted by atomic mass is 10.1. The molecule has 0 saturated heterocycles. The lowest BCUT2D eigenvalue weighted by Gasteiger charge is -2.08. The fourth-order valence-corrected chi connectivity index (χ4v) is 2.08. The fraction of sp³-hybridized carbons (Fsp3) is 0.400. The number of pyridine rings is 1. The summed E-state index contributed by atoms with van der Waals surface area (Å²) in [6, 6.07) is 5.48. The normalized spacial score (nSPS) is 10.9. The van der Waals surface area contributed by atoms with E-state index in [2.05, 4.69) is 35.7 Å². The predicted octanol–water partition coefficient (Wildman–Crippen LogP) is 2.59. The maximum atomic E-state index is 11.7. The molecule has 0 atom stereocenters. The first-order valence-corrected chi connectivity index (χ1v) is 6.64. The summed E-state index contributed by atoms with van der Waals surface area (Å²) in [4.78, 5) is 23.4. The van der Waals surface area contributed by atoms with E-state index in [9.17, 15) is 4.79 Å². The van der Waals surface area contributed by atoms with Gasteiger partial charge in [-0.15, -0.1) is 0 Å². The number of hydrogen-bond donors (Lipinski definition) is 1. The topological polar surface area (TPSA) is 58.6 Å². The van der Waals surface area contributed by atoms with Gasteiger partial charge >= 0.3 is 0 Å². The molecule has 100 valence electrons. The molecule has 2 rings (SSSR count). The van der Waals surface area contributed by atoms with Crippen molar-refractivity contribution < 1.29 is 0 Å². The molecule has 0 aliphatic heterocycles. The standard InChI is InChI=1S/C15H19N3O/c1-4-11-6-5-7-16-14(11)15-17-12(8-10(2)3)9-13(19)18-15/h5-7,9-10H,4,8H2,1-3H3,(H,17,18,19). The van der Waals surface area contributed by atoms with Crippen LogP contribution in [0.15, 0.2) is 29.2 Å². The monoisotopic (exact) mass is 257 g/mol. The third-order valence-electron chi connectivity index (χ3n) is 2.91. The number of rotatable bonds is 4. The highest BCUT2D eigenvalue weighted by molar-refractivity contribution is 5.54. The number of nitrogens with zero attached hydrogens (tertiary/aromatic N) is 2. The van der Waals surface area contributed by atoms with Gasteiger partial charge in [0, 0.05) is 18.0 Å². The molecule has 0 radical (unpaired) electrons. The highest BCUT2D eigenvalue weighted by atomic mass is 16.1. The van der Waals surface area contributed by atoms with Crippen molar-refractivity contribution in [3.63, 3.8) is 0 Å². The van der Waals surface area contributed by atoms with E-state index in [0.29, 0.717) is 11.7 Å². The summed E-state index contributed by atoms with van der Waals surface area (Å²) in [5, 5.41) is 0. The first-order valence-electron chi connectivity index (χ1n) is 6.64. The van der Waals surface area contributed by atoms with Crippen molar-refractivity contribution in [1.29, 1.82) is 0 Å². The van der Waals surface area contributed by atoms with Crippen LogP contribution in [0.3, 0.4) is 0 Å².